The van der Waals surface area contributed by atoms with E-state index in [9.17, 15) is 9.90 Å². The van der Waals surface area contributed by atoms with Crippen molar-refractivity contribution in [3.8, 4) is 0 Å². The van der Waals surface area contributed by atoms with Crippen molar-refractivity contribution >= 4 is 40.6 Å². The van der Waals surface area contributed by atoms with E-state index in [0.29, 0.717) is 16.1 Å². The van der Waals surface area contributed by atoms with E-state index in [4.69, 9.17) is 16.7 Å². The summed E-state index contributed by atoms with van der Waals surface area (Å²) in [7, 11) is 0. The van der Waals surface area contributed by atoms with Crippen LogP contribution in [0, 0.1) is 0 Å². The van der Waals surface area contributed by atoms with E-state index in [1.807, 2.05) is 66.7 Å². The first-order valence-corrected chi connectivity index (χ1v) is 9.73. The molecule has 4 nitrogen and oxygen atoms in total. The van der Waals surface area contributed by atoms with Crippen LogP contribution in [-0.4, -0.2) is 21.2 Å². The molecule has 0 aliphatic rings. The van der Waals surface area contributed by atoms with E-state index >= 15 is 0 Å². The first-order valence-electron chi connectivity index (χ1n) is 9.35. The zero-order valence-electron chi connectivity index (χ0n) is 15.9. The minimum absolute atomic E-state index is 0.144. The Morgan fingerprint density at radius 1 is 0.900 bits per heavy atom. The lowest BCUT2D eigenvalue weighted by atomic mass is 9.98. The third-order valence-corrected chi connectivity index (χ3v) is 5.03. The summed E-state index contributed by atoms with van der Waals surface area (Å²) in [6.07, 6.45) is 2.90. The summed E-state index contributed by atoms with van der Waals surface area (Å²) in [6, 6.07) is 23.3. The Morgan fingerprint density at radius 2 is 1.63 bits per heavy atom. The molecule has 1 atom stereocenters. The number of carbonyl (C=O) groups is 1. The molecule has 0 fully saturated rings. The van der Waals surface area contributed by atoms with Gasteiger partial charge in [0, 0.05) is 10.4 Å². The normalized spacial score (nSPS) is 12.3. The minimum Gasteiger partial charge on any atom is -0.478 e. The molecule has 0 radical (unpaired) electrons. The van der Waals surface area contributed by atoms with Crippen LogP contribution in [0.1, 0.15) is 38.8 Å². The summed E-state index contributed by atoms with van der Waals surface area (Å²) in [6.45, 7) is 0. The van der Waals surface area contributed by atoms with Crippen molar-refractivity contribution in [1.29, 1.82) is 0 Å². The highest BCUT2D eigenvalue weighted by atomic mass is 35.5. The number of halogens is 1. The van der Waals surface area contributed by atoms with Gasteiger partial charge in [-0.1, -0.05) is 60.1 Å². The van der Waals surface area contributed by atoms with Gasteiger partial charge >= 0.3 is 5.97 Å². The van der Waals surface area contributed by atoms with Crippen LogP contribution in [0.5, 0.6) is 0 Å². The average molecular weight is 416 g/mol. The number of carboxylic acids is 1. The molecule has 0 amide bonds. The van der Waals surface area contributed by atoms with Crippen molar-refractivity contribution in [3.63, 3.8) is 0 Å². The minimum atomic E-state index is -1.02. The first-order chi connectivity index (χ1) is 14.5. The third kappa shape index (κ3) is 4.40. The van der Waals surface area contributed by atoms with Crippen molar-refractivity contribution < 1.29 is 15.0 Å². The number of aromatic nitrogens is 1. The molecule has 2 N–H and O–H groups in total. The zero-order valence-corrected chi connectivity index (χ0v) is 16.6. The number of aliphatic hydroxyl groups excluding tert-OH is 1. The van der Waals surface area contributed by atoms with Crippen LogP contribution in [0.3, 0.4) is 0 Å². The SMILES string of the molecule is O=C(O)c1cccc(C(O)c2cccc(C=Cc3ccc4ccc(Cl)cc4n3)c2)c1. The highest BCUT2D eigenvalue weighted by Gasteiger charge is 2.13. The van der Waals surface area contributed by atoms with Gasteiger partial charge in [-0.15, -0.1) is 0 Å². The molecule has 0 aliphatic heterocycles. The number of aromatic carboxylic acids is 1. The molecular weight excluding hydrogens is 398 g/mol. The summed E-state index contributed by atoms with van der Waals surface area (Å²) >= 11 is 6.05. The molecule has 5 heteroatoms. The molecule has 30 heavy (non-hydrogen) atoms. The Balaban J connectivity index is 1.59. The summed E-state index contributed by atoms with van der Waals surface area (Å²) in [5, 5.41) is 21.5. The van der Waals surface area contributed by atoms with E-state index in [1.54, 1.807) is 12.1 Å². The standard InChI is InChI=1S/C25H18ClNO3/c26-21-10-8-17-9-12-22(27-23(17)15-21)11-7-16-3-1-4-18(13-16)24(28)19-5-2-6-20(14-19)25(29)30/h1-15,24,28H,(H,29,30). The summed E-state index contributed by atoms with van der Waals surface area (Å²) in [5.41, 5.74) is 3.87. The van der Waals surface area contributed by atoms with Crippen LogP contribution in [0.25, 0.3) is 23.1 Å². The number of benzene rings is 3. The molecular formula is C25H18ClNO3. The number of nitrogens with zero attached hydrogens (tertiary/aromatic N) is 1. The molecule has 0 bridgehead atoms. The number of rotatable bonds is 5. The maximum absolute atomic E-state index is 11.2. The van der Waals surface area contributed by atoms with Crippen molar-refractivity contribution in [3.05, 3.63) is 112 Å². The monoisotopic (exact) mass is 415 g/mol. The van der Waals surface area contributed by atoms with Crippen molar-refractivity contribution in [2.24, 2.45) is 0 Å². The topological polar surface area (TPSA) is 70.4 Å². The van der Waals surface area contributed by atoms with Crippen LogP contribution in [0.15, 0.2) is 78.9 Å². The Bertz CT molecular complexity index is 1270. The van der Waals surface area contributed by atoms with Gasteiger partial charge in [0.2, 0.25) is 0 Å². The maximum atomic E-state index is 11.2. The van der Waals surface area contributed by atoms with Gasteiger partial charge in [-0.25, -0.2) is 9.78 Å². The number of carboxylic acid groups (broad SMARTS) is 1. The van der Waals surface area contributed by atoms with Crippen LogP contribution in [-0.2, 0) is 0 Å². The Labute approximate surface area is 178 Å². The van der Waals surface area contributed by atoms with E-state index < -0.39 is 12.1 Å². The molecule has 148 valence electrons. The molecule has 1 heterocycles. The Morgan fingerprint density at radius 3 is 2.43 bits per heavy atom. The lowest BCUT2D eigenvalue weighted by Crippen LogP contribution is -2.03. The fourth-order valence-electron chi connectivity index (χ4n) is 3.25. The zero-order chi connectivity index (χ0) is 21.1. The van der Waals surface area contributed by atoms with Crippen LogP contribution in [0.4, 0.5) is 0 Å². The van der Waals surface area contributed by atoms with Crippen molar-refractivity contribution in [1.82, 2.24) is 4.98 Å². The second-order valence-corrected chi connectivity index (χ2v) is 7.35. The van der Waals surface area contributed by atoms with Crippen LogP contribution in [0.2, 0.25) is 5.02 Å². The van der Waals surface area contributed by atoms with Gasteiger partial charge in [0.05, 0.1) is 16.8 Å². The lowest BCUT2D eigenvalue weighted by molar-refractivity contribution is 0.0696. The molecule has 0 saturated carbocycles. The Hall–Kier alpha value is -3.47. The van der Waals surface area contributed by atoms with E-state index in [2.05, 4.69) is 4.98 Å². The van der Waals surface area contributed by atoms with Gasteiger partial charge in [0.15, 0.2) is 0 Å². The number of aliphatic hydroxyl groups is 1. The largest absolute Gasteiger partial charge is 0.478 e. The molecule has 4 aromatic rings. The van der Waals surface area contributed by atoms with Gasteiger partial charge in [0.25, 0.3) is 0 Å². The predicted octanol–water partition coefficient (Wildman–Crippen LogP) is 5.84. The van der Waals surface area contributed by atoms with Gasteiger partial charge < -0.3 is 10.2 Å². The fraction of sp³-hybridized carbons (Fsp3) is 0.0400. The fourth-order valence-corrected chi connectivity index (χ4v) is 3.41. The number of hydrogen-bond donors (Lipinski definition) is 2. The van der Waals surface area contributed by atoms with E-state index in [0.717, 1.165) is 22.2 Å². The molecule has 0 aliphatic carbocycles. The second kappa shape index (κ2) is 8.49. The van der Waals surface area contributed by atoms with Gasteiger partial charge in [-0.3, -0.25) is 0 Å². The summed E-state index contributed by atoms with van der Waals surface area (Å²) in [5.74, 6) is -1.02. The van der Waals surface area contributed by atoms with E-state index in [1.165, 1.54) is 12.1 Å². The third-order valence-electron chi connectivity index (χ3n) is 4.80. The molecule has 1 aromatic heterocycles. The second-order valence-electron chi connectivity index (χ2n) is 6.91. The van der Waals surface area contributed by atoms with Crippen LogP contribution >= 0.6 is 11.6 Å². The molecule has 1 unspecified atom stereocenters. The van der Waals surface area contributed by atoms with E-state index in [-0.39, 0.29) is 5.56 Å². The number of hydrogen-bond acceptors (Lipinski definition) is 3. The summed E-state index contributed by atoms with van der Waals surface area (Å²) < 4.78 is 0. The lowest BCUT2D eigenvalue weighted by Gasteiger charge is -2.13. The van der Waals surface area contributed by atoms with Gasteiger partial charge in [0.1, 0.15) is 6.10 Å². The molecule has 0 saturated heterocycles. The first kappa shape index (κ1) is 19.8. The number of pyridine rings is 1. The highest BCUT2D eigenvalue weighted by Crippen LogP contribution is 2.24. The van der Waals surface area contributed by atoms with Crippen LogP contribution < -0.4 is 0 Å². The number of fused-ring (bicyclic) bond motifs is 1. The average Bonchev–Trinajstić information content (AvgIpc) is 2.77. The Kier molecular flexibility index (Phi) is 5.61. The molecule has 0 spiro atoms. The smallest absolute Gasteiger partial charge is 0.335 e. The highest BCUT2D eigenvalue weighted by molar-refractivity contribution is 6.31. The predicted molar refractivity (Wildman–Crippen MR) is 120 cm³/mol. The summed E-state index contributed by atoms with van der Waals surface area (Å²) in [4.78, 5) is 15.8. The van der Waals surface area contributed by atoms with Crippen molar-refractivity contribution in [2.45, 2.75) is 6.10 Å². The molecule has 4 rings (SSSR count). The van der Waals surface area contributed by atoms with Crippen molar-refractivity contribution in [2.75, 3.05) is 0 Å². The molecule has 3 aromatic carbocycles. The van der Waals surface area contributed by atoms with Gasteiger partial charge in [-0.2, -0.15) is 0 Å². The quantitative estimate of drug-likeness (QED) is 0.429. The van der Waals surface area contributed by atoms with Gasteiger partial charge in [-0.05, 0) is 59.2 Å². The maximum Gasteiger partial charge on any atom is 0.335 e.